The maximum Gasteiger partial charge on any atom is 0.407 e. The zero-order valence-electron chi connectivity index (χ0n) is 12.8. The second-order valence-corrected chi connectivity index (χ2v) is 5.24. The van der Waals surface area contributed by atoms with Gasteiger partial charge >= 0.3 is 12.1 Å². The fourth-order valence-corrected chi connectivity index (χ4v) is 2.22. The van der Waals surface area contributed by atoms with E-state index in [4.69, 9.17) is 9.47 Å². The molecule has 0 aromatic heterocycles. The first-order valence-corrected chi connectivity index (χ1v) is 7.59. The van der Waals surface area contributed by atoms with Crippen molar-refractivity contribution in [2.45, 2.75) is 46.0 Å². The second-order valence-electron chi connectivity index (χ2n) is 5.24. The molecule has 0 aliphatic heterocycles. The minimum absolute atomic E-state index is 0.0412. The Morgan fingerprint density at radius 3 is 2.57 bits per heavy atom. The maximum atomic E-state index is 12.1. The van der Waals surface area contributed by atoms with E-state index in [1.807, 2.05) is 6.92 Å². The monoisotopic (exact) mass is 296 g/mol. The van der Waals surface area contributed by atoms with Crippen molar-refractivity contribution in [3.05, 3.63) is 0 Å². The van der Waals surface area contributed by atoms with Crippen LogP contribution in [0.25, 0.3) is 0 Å². The van der Waals surface area contributed by atoms with Gasteiger partial charge in [0, 0.05) is 6.54 Å². The van der Waals surface area contributed by atoms with Crippen molar-refractivity contribution >= 4 is 12.1 Å². The molecular formula is C15H24N2O4. The molecule has 1 unspecified atom stereocenters. The molecule has 0 aromatic rings. The molecule has 0 bridgehead atoms. The number of nitriles is 1. The van der Waals surface area contributed by atoms with Crippen LogP contribution in [0, 0.1) is 22.7 Å². The lowest BCUT2D eigenvalue weighted by molar-refractivity contribution is -0.153. The van der Waals surface area contributed by atoms with Gasteiger partial charge in [0.05, 0.1) is 19.3 Å². The summed E-state index contributed by atoms with van der Waals surface area (Å²) in [4.78, 5) is 23.5. The summed E-state index contributed by atoms with van der Waals surface area (Å²) in [6, 6.07) is 2.12. The number of ether oxygens (including phenoxy) is 2. The fraction of sp³-hybridized carbons (Fsp3) is 0.800. The van der Waals surface area contributed by atoms with Crippen LogP contribution in [0.3, 0.4) is 0 Å². The van der Waals surface area contributed by atoms with Crippen molar-refractivity contribution in [3.8, 4) is 6.07 Å². The van der Waals surface area contributed by atoms with Crippen LogP contribution in [0.5, 0.6) is 0 Å². The van der Waals surface area contributed by atoms with Gasteiger partial charge in [0.1, 0.15) is 0 Å². The third-order valence-corrected chi connectivity index (χ3v) is 3.63. The van der Waals surface area contributed by atoms with Gasteiger partial charge < -0.3 is 14.8 Å². The molecule has 1 aliphatic carbocycles. The summed E-state index contributed by atoms with van der Waals surface area (Å²) in [6.07, 6.45) is 3.24. The Morgan fingerprint density at radius 2 is 2.05 bits per heavy atom. The molecule has 0 radical (unpaired) electrons. The molecule has 1 saturated carbocycles. The number of nitrogens with zero attached hydrogens (tertiary/aromatic N) is 1. The number of esters is 1. The summed E-state index contributed by atoms with van der Waals surface area (Å²) in [6.45, 7) is 4.59. The molecule has 6 heteroatoms. The Labute approximate surface area is 125 Å². The van der Waals surface area contributed by atoms with Gasteiger partial charge in [0.15, 0.2) is 5.41 Å². The van der Waals surface area contributed by atoms with Gasteiger partial charge in [-0.05, 0) is 38.5 Å². The number of hydrogen-bond donors (Lipinski definition) is 1. The summed E-state index contributed by atoms with van der Waals surface area (Å²) in [5.74, 6) is -0.435. The van der Waals surface area contributed by atoms with Crippen LogP contribution < -0.4 is 5.32 Å². The molecule has 1 rings (SSSR count). The minimum atomic E-state index is -1.13. The summed E-state index contributed by atoms with van der Waals surface area (Å²) >= 11 is 0. The average molecular weight is 296 g/mol. The molecule has 1 fully saturated rings. The van der Waals surface area contributed by atoms with Gasteiger partial charge in [0.25, 0.3) is 0 Å². The summed E-state index contributed by atoms with van der Waals surface area (Å²) in [7, 11) is 0. The lowest BCUT2D eigenvalue weighted by Crippen LogP contribution is -2.38. The highest BCUT2D eigenvalue weighted by Crippen LogP contribution is 2.48. The van der Waals surface area contributed by atoms with E-state index >= 15 is 0 Å². The van der Waals surface area contributed by atoms with Crippen LogP contribution in [-0.4, -0.2) is 31.8 Å². The van der Waals surface area contributed by atoms with Crippen LogP contribution in [0.2, 0.25) is 0 Å². The second kappa shape index (κ2) is 8.50. The smallest absolute Gasteiger partial charge is 0.407 e. The molecule has 118 valence electrons. The van der Waals surface area contributed by atoms with Crippen molar-refractivity contribution < 1.29 is 19.1 Å². The Morgan fingerprint density at radius 1 is 1.33 bits per heavy atom. The van der Waals surface area contributed by atoms with E-state index in [0.29, 0.717) is 6.61 Å². The quantitative estimate of drug-likeness (QED) is 0.521. The van der Waals surface area contributed by atoms with E-state index in [1.54, 1.807) is 6.92 Å². The zero-order valence-corrected chi connectivity index (χ0v) is 12.8. The van der Waals surface area contributed by atoms with Crippen molar-refractivity contribution in [1.82, 2.24) is 5.32 Å². The normalized spacial score (nSPS) is 16.4. The predicted octanol–water partition coefficient (Wildman–Crippen LogP) is 2.39. The van der Waals surface area contributed by atoms with Crippen molar-refractivity contribution in [1.29, 1.82) is 5.26 Å². The Hall–Kier alpha value is -1.77. The minimum Gasteiger partial charge on any atom is -0.465 e. The van der Waals surface area contributed by atoms with Crippen LogP contribution >= 0.6 is 0 Å². The zero-order chi connectivity index (χ0) is 15.7. The van der Waals surface area contributed by atoms with Gasteiger partial charge in [-0.25, -0.2) is 4.79 Å². The van der Waals surface area contributed by atoms with Crippen molar-refractivity contribution in [3.63, 3.8) is 0 Å². The number of carbonyl (C=O) groups excluding carboxylic acids is 2. The van der Waals surface area contributed by atoms with E-state index in [1.165, 1.54) is 0 Å². The van der Waals surface area contributed by atoms with Gasteiger partial charge in [-0.1, -0.05) is 13.3 Å². The topological polar surface area (TPSA) is 88.4 Å². The first-order chi connectivity index (χ1) is 10.1. The van der Waals surface area contributed by atoms with E-state index < -0.39 is 17.5 Å². The Balaban J connectivity index is 2.46. The third-order valence-electron chi connectivity index (χ3n) is 3.63. The molecule has 0 aromatic carbocycles. The van der Waals surface area contributed by atoms with E-state index in [0.717, 1.165) is 25.7 Å². The number of amides is 1. The Bertz CT molecular complexity index is 401. The molecule has 0 spiro atoms. The largest absolute Gasteiger partial charge is 0.465 e. The molecular weight excluding hydrogens is 272 g/mol. The maximum absolute atomic E-state index is 12.1. The van der Waals surface area contributed by atoms with Crippen LogP contribution in [0.1, 0.15) is 46.0 Å². The highest BCUT2D eigenvalue weighted by molar-refractivity contribution is 5.81. The van der Waals surface area contributed by atoms with Crippen LogP contribution in [0.15, 0.2) is 0 Å². The number of nitrogens with one attached hydrogen (secondary N) is 1. The number of hydrogen-bond acceptors (Lipinski definition) is 5. The lowest BCUT2D eigenvalue weighted by atomic mass is 9.81. The van der Waals surface area contributed by atoms with Crippen LogP contribution in [0.4, 0.5) is 4.79 Å². The summed E-state index contributed by atoms with van der Waals surface area (Å²) in [5, 5.41) is 12.0. The highest BCUT2D eigenvalue weighted by Gasteiger charge is 2.52. The Kier molecular flexibility index (Phi) is 7.00. The van der Waals surface area contributed by atoms with Gasteiger partial charge in [-0.3, -0.25) is 4.79 Å². The number of alkyl carbamates (subject to hydrolysis) is 1. The highest BCUT2D eigenvalue weighted by atomic mass is 16.5. The number of carbonyl (C=O) groups is 2. The molecule has 1 N–H and O–H groups in total. The molecule has 21 heavy (non-hydrogen) atoms. The fourth-order valence-electron chi connectivity index (χ4n) is 2.22. The molecule has 0 heterocycles. The first-order valence-electron chi connectivity index (χ1n) is 7.59. The third kappa shape index (κ3) is 4.92. The molecule has 1 aliphatic rings. The van der Waals surface area contributed by atoms with Gasteiger partial charge in [0.2, 0.25) is 0 Å². The van der Waals surface area contributed by atoms with Gasteiger partial charge in [-0.2, -0.15) is 5.26 Å². The average Bonchev–Trinajstić information content (AvgIpc) is 3.29. The molecule has 1 atom stereocenters. The van der Waals surface area contributed by atoms with E-state index in [-0.39, 0.29) is 25.5 Å². The van der Waals surface area contributed by atoms with Crippen molar-refractivity contribution in [2.24, 2.45) is 11.3 Å². The van der Waals surface area contributed by atoms with Crippen molar-refractivity contribution in [2.75, 3.05) is 19.8 Å². The summed E-state index contributed by atoms with van der Waals surface area (Å²) in [5.41, 5.74) is -1.13. The van der Waals surface area contributed by atoms with Gasteiger partial charge in [-0.15, -0.1) is 0 Å². The number of rotatable bonds is 9. The van der Waals surface area contributed by atoms with Crippen LogP contribution in [-0.2, 0) is 14.3 Å². The lowest BCUT2D eigenvalue weighted by Gasteiger charge is -2.24. The van der Waals surface area contributed by atoms with E-state index in [9.17, 15) is 14.9 Å². The number of unbranched alkanes of at least 4 members (excludes halogenated alkanes) is 1. The molecule has 0 saturated heterocycles. The standard InChI is InChI=1S/C15H24N2O4/c1-3-5-10-21-14(19)17-9-8-15(11-16,12-6-7-12)13(18)20-4-2/h12H,3-10H2,1-2H3,(H,17,19). The molecule has 6 nitrogen and oxygen atoms in total. The predicted molar refractivity (Wildman–Crippen MR) is 76.3 cm³/mol. The SMILES string of the molecule is CCCCOC(=O)NCCC(C#N)(C(=O)OCC)C1CC1. The summed E-state index contributed by atoms with van der Waals surface area (Å²) < 4.78 is 10.00. The molecule has 1 amide bonds. The first kappa shape index (κ1) is 17.3. The van der Waals surface area contributed by atoms with E-state index in [2.05, 4.69) is 11.4 Å².